The van der Waals surface area contributed by atoms with E-state index in [1.807, 2.05) is 0 Å². The molecule has 0 aliphatic carbocycles. The molecule has 0 saturated heterocycles. The highest BCUT2D eigenvalue weighted by molar-refractivity contribution is 5.91. The Hall–Kier alpha value is -1.88. The van der Waals surface area contributed by atoms with Gasteiger partial charge in [-0.3, -0.25) is 0 Å². The first-order chi connectivity index (χ1) is 16.2. The van der Waals surface area contributed by atoms with E-state index >= 15 is 0 Å². The van der Waals surface area contributed by atoms with Crippen molar-refractivity contribution in [1.29, 1.82) is 0 Å². The zero-order valence-corrected chi connectivity index (χ0v) is 22.5. The topological polar surface area (TPSA) is 74.6 Å². The van der Waals surface area contributed by atoms with E-state index in [1.54, 1.807) is 0 Å². The standard InChI is InChI=1S/C21H46N.C8H6O4/c1-5-6-7-8-9-10-11-12-13-14-15-16-17-18-19-20-21-22(2,3)4;9-7(10)5-1-2-6(4-3-5)8(11)12/h5-21H2,1-4H3;1-4H,(H,9,10)(H,11,12)/q+1;. The molecule has 5 heteroatoms. The third kappa shape index (κ3) is 20.7. The van der Waals surface area contributed by atoms with Crippen molar-refractivity contribution < 1.29 is 24.3 Å². The van der Waals surface area contributed by atoms with Crippen LogP contribution in [0.2, 0.25) is 0 Å². The Bertz CT molecular complexity index is 602. The molecule has 0 spiro atoms. The van der Waals surface area contributed by atoms with Crippen molar-refractivity contribution in [3.05, 3.63) is 35.4 Å². The predicted molar refractivity (Wildman–Crippen MR) is 143 cm³/mol. The van der Waals surface area contributed by atoms with Crippen LogP contribution in [-0.4, -0.2) is 54.3 Å². The number of unbranched alkanes of at least 4 members (excludes halogenated alkanes) is 15. The SMILES string of the molecule is CCCCCCCCCCCCCCCCCC[N+](C)(C)C.O=C(O)c1ccc(C(=O)O)cc1. The number of carbonyl (C=O) groups is 2. The quantitative estimate of drug-likeness (QED) is 0.156. The lowest BCUT2D eigenvalue weighted by Gasteiger charge is -2.23. The average molecular weight is 479 g/mol. The van der Waals surface area contributed by atoms with Crippen molar-refractivity contribution in [2.45, 2.75) is 110 Å². The number of hydrogen-bond donors (Lipinski definition) is 2. The summed E-state index contributed by atoms with van der Waals surface area (Å²) in [6.45, 7) is 3.63. The van der Waals surface area contributed by atoms with Crippen LogP contribution in [0.5, 0.6) is 0 Å². The molecule has 1 aromatic rings. The van der Waals surface area contributed by atoms with E-state index in [0.29, 0.717) is 0 Å². The summed E-state index contributed by atoms with van der Waals surface area (Å²) in [6.07, 6.45) is 23.4. The van der Waals surface area contributed by atoms with Gasteiger partial charge in [0.25, 0.3) is 0 Å². The van der Waals surface area contributed by atoms with Gasteiger partial charge in [-0.25, -0.2) is 9.59 Å². The van der Waals surface area contributed by atoms with E-state index in [9.17, 15) is 9.59 Å². The molecule has 0 heterocycles. The normalized spacial score (nSPS) is 11.1. The van der Waals surface area contributed by atoms with Gasteiger partial charge in [0.15, 0.2) is 0 Å². The van der Waals surface area contributed by atoms with Gasteiger partial charge in [0.05, 0.1) is 38.8 Å². The van der Waals surface area contributed by atoms with Crippen LogP contribution >= 0.6 is 0 Å². The van der Waals surface area contributed by atoms with Crippen LogP contribution in [0.4, 0.5) is 0 Å². The van der Waals surface area contributed by atoms with E-state index in [1.165, 1.54) is 134 Å². The largest absolute Gasteiger partial charge is 0.478 e. The lowest BCUT2D eigenvalue weighted by molar-refractivity contribution is -0.870. The Morgan fingerprint density at radius 3 is 1.06 bits per heavy atom. The molecule has 0 aromatic heterocycles. The number of nitrogens with zero attached hydrogens (tertiary/aromatic N) is 1. The summed E-state index contributed by atoms with van der Waals surface area (Å²) in [4.78, 5) is 20.7. The fourth-order valence-electron chi connectivity index (χ4n) is 3.89. The predicted octanol–water partition coefficient (Wildman–Crippen LogP) is 8.04. The smallest absolute Gasteiger partial charge is 0.335 e. The number of quaternary nitrogens is 1. The highest BCUT2D eigenvalue weighted by Gasteiger charge is 2.05. The van der Waals surface area contributed by atoms with Gasteiger partial charge in [0.2, 0.25) is 0 Å². The molecular weight excluding hydrogens is 426 g/mol. The van der Waals surface area contributed by atoms with Crippen molar-refractivity contribution in [1.82, 2.24) is 0 Å². The first-order valence-corrected chi connectivity index (χ1v) is 13.5. The van der Waals surface area contributed by atoms with Gasteiger partial charge in [-0.05, 0) is 37.1 Å². The molecule has 0 atom stereocenters. The van der Waals surface area contributed by atoms with Crippen LogP contribution in [0.1, 0.15) is 130 Å². The van der Waals surface area contributed by atoms with Crippen LogP contribution in [0, 0.1) is 0 Å². The second-order valence-electron chi connectivity index (χ2n) is 10.5. The molecule has 196 valence electrons. The molecule has 1 rings (SSSR count). The van der Waals surface area contributed by atoms with Gasteiger partial charge in [-0.1, -0.05) is 96.8 Å². The van der Waals surface area contributed by atoms with E-state index in [0.717, 1.165) is 4.48 Å². The van der Waals surface area contributed by atoms with E-state index in [4.69, 9.17) is 10.2 Å². The summed E-state index contributed by atoms with van der Waals surface area (Å²) in [6, 6.07) is 5.02. The molecule has 34 heavy (non-hydrogen) atoms. The highest BCUT2D eigenvalue weighted by Crippen LogP contribution is 2.14. The van der Waals surface area contributed by atoms with Crippen LogP contribution in [0.3, 0.4) is 0 Å². The Balaban J connectivity index is 0.000000757. The molecule has 0 aliphatic rings. The molecule has 2 N–H and O–H groups in total. The van der Waals surface area contributed by atoms with Crippen molar-refractivity contribution in [2.75, 3.05) is 27.7 Å². The Morgan fingerprint density at radius 1 is 0.559 bits per heavy atom. The maximum Gasteiger partial charge on any atom is 0.335 e. The fourth-order valence-corrected chi connectivity index (χ4v) is 3.89. The zero-order valence-electron chi connectivity index (χ0n) is 22.5. The zero-order chi connectivity index (χ0) is 25.7. The van der Waals surface area contributed by atoms with Gasteiger partial charge in [0.1, 0.15) is 0 Å². The number of rotatable bonds is 19. The Morgan fingerprint density at radius 2 is 0.824 bits per heavy atom. The van der Waals surface area contributed by atoms with Gasteiger partial charge in [-0.15, -0.1) is 0 Å². The summed E-state index contributed by atoms with van der Waals surface area (Å²) in [7, 11) is 6.89. The molecular formula is C29H52NO4+. The number of aromatic carboxylic acids is 2. The average Bonchev–Trinajstić information content (AvgIpc) is 2.78. The maximum atomic E-state index is 10.3. The van der Waals surface area contributed by atoms with E-state index in [2.05, 4.69) is 28.1 Å². The van der Waals surface area contributed by atoms with Gasteiger partial charge in [-0.2, -0.15) is 0 Å². The summed E-state index contributed by atoms with van der Waals surface area (Å²) in [5.74, 6) is -2.13. The summed E-state index contributed by atoms with van der Waals surface area (Å²) in [5.41, 5.74) is 0.167. The molecule has 0 bridgehead atoms. The second kappa shape index (κ2) is 20.5. The van der Waals surface area contributed by atoms with Crippen molar-refractivity contribution >= 4 is 11.9 Å². The van der Waals surface area contributed by atoms with E-state index < -0.39 is 11.9 Å². The fraction of sp³-hybridized carbons (Fsp3) is 0.724. The molecule has 0 amide bonds. The first kappa shape index (κ1) is 32.1. The minimum Gasteiger partial charge on any atom is -0.478 e. The molecule has 0 radical (unpaired) electrons. The molecule has 0 fully saturated rings. The van der Waals surface area contributed by atoms with Gasteiger partial charge in [0, 0.05) is 0 Å². The summed E-state index contributed by atoms with van der Waals surface area (Å²) < 4.78 is 1.12. The Kier molecular flexibility index (Phi) is 19.4. The number of hydrogen-bond acceptors (Lipinski definition) is 2. The summed E-state index contributed by atoms with van der Waals surface area (Å²) >= 11 is 0. The summed E-state index contributed by atoms with van der Waals surface area (Å²) in [5, 5.41) is 16.9. The van der Waals surface area contributed by atoms with Crippen LogP contribution in [0.15, 0.2) is 24.3 Å². The monoisotopic (exact) mass is 478 g/mol. The number of benzene rings is 1. The van der Waals surface area contributed by atoms with Gasteiger partial charge < -0.3 is 14.7 Å². The minimum absolute atomic E-state index is 0.0833. The number of carboxylic acids is 2. The van der Waals surface area contributed by atoms with Crippen LogP contribution in [0.25, 0.3) is 0 Å². The van der Waals surface area contributed by atoms with Crippen molar-refractivity contribution in [3.8, 4) is 0 Å². The molecule has 0 unspecified atom stereocenters. The van der Waals surface area contributed by atoms with E-state index in [-0.39, 0.29) is 11.1 Å². The lowest BCUT2D eigenvalue weighted by atomic mass is 10.0. The lowest BCUT2D eigenvalue weighted by Crippen LogP contribution is -2.35. The van der Waals surface area contributed by atoms with Crippen LogP contribution < -0.4 is 0 Å². The molecule has 0 aliphatic heterocycles. The van der Waals surface area contributed by atoms with Gasteiger partial charge >= 0.3 is 11.9 Å². The highest BCUT2D eigenvalue weighted by atomic mass is 16.4. The van der Waals surface area contributed by atoms with Crippen molar-refractivity contribution in [2.24, 2.45) is 0 Å². The Labute approximate surface area is 209 Å². The molecule has 0 saturated carbocycles. The maximum absolute atomic E-state index is 10.3. The minimum atomic E-state index is -1.06. The number of carboxylic acid groups (broad SMARTS) is 2. The van der Waals surface area contributed by atoms with Crippen LogP contribution in [-0.2, 0) is 0 Å². The molecule has 5 nitrogen and oxygen atoms in total. The van der Waals surface area contributed by atoms with Crippen molar-refractivity contribution in [3.63, 3.8) is 0 Å². The second-order valence-corrected chi connectivity index (χ2v) is 10.5. The third-order valence-corrected chi connectivity index (χ3v) is 6.06. The first-order valence-electron chi connectivity index (χ1n) is 13.5. The third-order valence-electron chi connectivity index (χ3n) is 6.06. The molecule has 1 aromatic carbocycles.